The summed E-state index contributed by atoms with van der Waals surface area (Å²) < 4.78 is 11.6. The number of nitrogens with zero attached hydrogens (tertiary/aromatic N) is 2. The van der Waals surface area contributed by atoms with Gasteiger partial charge >= 0.3 is 0 Å². The lowest BCUT2D eigenvalue weighted by Gasteiger charge is -2.38. The van der Waals surface area contributed by atoms with E-state index in [-0.39, 0.29) is 22.6 Å². The molecule has 10 heteroatoms. The third-order valence-electron chi connectivity index (χ3n) is 6.82. The van der Waals surface area contributed by atoms with Crippen molar-refractivity contribution in [1.82, 2.24) is 0 Å². The quantitative estimate of drug-likeness (QED) is 0.184. The Bertz CT molecular complexity index is 1260. The molecular weight excluding hydrogens is 552 g/mol. The molecule has 1 amide bonds. The van der Waals surface area contributed by atoms with Crippen LogP contribution in [0.4, 0.5) is 5.69 Å². The number of carbonyl (C=O) groups excluding carboxylic acids is 1. The Labute approximate surface area is 242 Å². The molecule has 1 aliphatic rings. The molecule has 0 aliphatic carbocycles. The van der Waals surface area contributed by atoms with Gasteiger partial charge in [0.25, 0.3) is 5.91 Å². The number of thioether (sulfide) groups is 1. The summed E-state index contributed by atoms with van der Waals surface area (Å²) in [4.78, 5) is 20.3. The van der Waals surface area contributed by atoms with E-state index in [9.17, 15) is 15.0 Å². The lowest BCUT2D eigenvalue weighted by Crippen LogP contribution is -2.48. The smallest absolute Gasteiger partial charge is 0.271 e. The van der Waals surface area contributed by atoms with Crippen molar-refractivity contribution >= 4 is 54.5 Å². The van der Waals surface area contributed by atoms with E-state index in [4.69, 9.17) is 20.8 Å². The third kappa shape index (κ3) is 7.96. The highest BCUT2D eigenvalue weighted by Gasteiger charge is 2.40. The van der Waals surface area contributed by atoms with Crippen LogP contribution < -0.4 is 9.64 Å². The van der Waals surface area contributed by atoms with Crippen LogP contribution in [0.2, 0.25) is 23.2 Å². The fourth-order valence-corrected chi connectivity index (χ4v) is 5.70. The van der Waals surface area contributed by atoms with Crippen LogP contribution in [0, 0.1) is 6.92 Å². The predicted molar refractivity (Wildman–Crippen MR) is 164 cm³/mol. The maximum Gasteiger partial charge on any atom is 0.271 e. The molecule has 0 atom stereocenters. The molecule has 2 aromatic rings. The first kappa shape index (κ1) is 31.4. The van der Waals surface area contributed by atoms with E-state index in [0.29, 0.717) is 27.9 Å². The highest BCUT2D eigenvalue weighted by atomic mass is 35.5. The van der Waals surface area contributed by atoms with Crippen LogP contribution in [-0.4, -0.2) is 55.2 Å². The average molecular weight is 591 g/mol. The van der Waals surface area contributed by atoms with Gasteiger partial charge in [-0.1, -0.05) is 63.6 Å². The van der Waals surface area contributed by atoms with Gasteiger partial charge in [-0.05, 0) is 78.6 Å². The Morgan fingerprint density at radius 3 is 2.44 bits per heavy atom. The molecule has 39 heavy (non-hydrogen) atoms. The van der Waals surface area contributed by atoms with Gasteiger partial charge in [-0.15, -0.1) is 0 Å². The lowest BCUT2D eigenvalue weighted by atomic mass is 10.1. The molecule has 0 radical (unpaired) electrons. The highest BCUT2D eigenvalue weighted by Crippen LogP contribution is 2.39. The average Bonchev–Trinajstić information content (AvgIpc) is 3.15. The van der Waals surface area contributed by atoms with Crippen molar-refractivity contribution in [3.8, 4) is 5.75 Å². The minimum atomic E-state index is -2.17. The van der Waals surface area contributed by atoms with Gasteiger partial charge in [-0.3, -0.25) is 14.7 Å². The monoisotopic (exact) mass is 590 g/mol. The molecule has 1 saturated heterocycles. The number of rotatable bonds is 10. The van der Waals surface area contributed by atoms with E-state index in [1.165, 1.54) is 11.8 Å². The number of hydrogen-bond acceptors (Lipinski definition) is 7. The minimum Gasteiger partial charge on any atom is -0.486 e. The number of ether oxygens (including phenoxy) is 1. The van der Waals surface area contributed by atoms with Gasteiger partial charge < -0.3 is 19.4 Å². The van der Waals surface area contributed by atoms with E-state index in [2.05, 4.69) is 25.8 Å². The Morgan fingerprint density at radius 2 is 1.82 bits per heavy atom. The fraction of sp³-hybridized carbons (Fsp3) is 0.448. The maximum atomic E-state index is 13.4. The van der Waals surface area contributed by atoms with Gasteiger partial charge in [-0.25, -0.2) is 0 Å². The minimum absolute atomic E-state index is 0.0594. The Kier molecular flexibility index (Phi) is 10.1. The molecule has 1 aliphatic heterocycles. The molecule has 0 bridgehead atoms. The number of hydrogen-bond donors (Lipinski definition) is 2. The molecule has 1 fully saturated rings. The topological polar surface area (TPSA) is 91.6 Å². The first-order valence-electron chi connectivity index (χ1n) is 13.0. The van der Waals surface area contributed by atoms with Crippen molar-refractivity contribution in [2.45, 2.75) is 65.0 Å². The molecule has 7 nitrogen and oxygen atoms in total. The van der Waals surface area contributed by atoms with Gasteiger partial charge in [0.15, 0.2) is 13.5 Å². The van der Waals surface area contributed by atoms with E-state index in [1.807, 2.05) is 51.2 Å². The molecular formula is C29H39ClN2O5SSi. The molecule has 0 saturated carbocycles. The number of amides is 1. The van der Waals surface area contributed by atoms with Crippen LogP contribution in [0.15, 0.2) is 52.4 Å². The first-order chi connectivity index (χ1) is 18.1. The third-order valence-corrected chi connectivity index (χ3v) is 12.6. The zero-order valence-corrected chi connectivity index (χ0v) is 26.3. The summed E-state index contributed by atoms with van der Waals surface area (Å²) in [7, 11) is -2.16. The summed E-state index contributed by atoms with van der Waals surface area (Å²) >= 11 is 7.80. The SMILES string of the molecule is CCC/N=C1\SC(=Cc2ccc(OCC(O)(O)CO[Si](C)(C)C(C)(C)C)c(Cl)c2)C(=O)N1c1ccccc1C. The molecule has 1 heterocycles. The number of aliphatic imine (C=N–C) groups is 1. The van der Waals surface area contributed by atoms with Crippen molar-refractivity contribution < 1.29 is 24.2 Å². The zero-order valence-electron chi connectivity index (χ0n) is 23.7. The lowest BCUT2D eigenvalue weighted by molar-refractivity contribution is -0.200. The molecule has 0 unspecified atom stereocenters. The van der Waals surface area contributed by atoms with Crippen LogP contribution in [0.5, 0.6) is 5.75 Å². The predicted octanol–water partition coefficient (Wildman–Crippen LogP) is 6.62. The second-order valence-corrected chi connectivity index (χ2v) is 17.4. The van der Waals surface area contributed by atoms with E-state index < -0.39 is 20.7 Å². The van der Waals surface area contributed by atoms with Crippen LogP contribution in [0.1, 0.15) is 45.2 Å². The molecule has 0 spiro atoms. The standard InChI is InChI=1S/C29H39ClN2O5SSi/c1-8-15-31-27-32(23-12-10-9-11-20(23)2)26(33)25(38-27)17-21-13-14-24(22(30)16-21)36-18-29(34,35)19-37-39(6,7)28(3,4)5/h9-14,16-17,34-35H,8,15,18-19H2,1-7H3/b25-17?,31-27-. The fourth-order valence-electron chi connectivity index (χ4n) is 3.44. The van der Waals surface area contributed by atoms with E-state index >= 15 is 0 Å². The van der Waals surface area contributed by atoms with Crippen molar-refractivity contribution in [1.29, 1.82) is 0 Å². The number of anilines is 1. The Balaban J connectivity index is 1.74. The summed E-state index contributed by atoms with van der Waals surface area (Å²) in [5.41, 5.74) is 2.51. The van der Waals surface area contributed by atoms with Crippen LogP contribution in [-0.2, 0) is 9.22 Å². The van der Waals surface area contributed by atoms with Crippen molar-refractivity contribution in [3.63, 3.8) is 0 Å². The van der Waals surface area contributed by atoms with Crippen LogP contribution in [0.3, 0.4) is 0 Å². The highest BCUT2D eigenvalue weighted by molar-refractivity contribution is 8.19. The molecule has 2 aromatic carbocycles. The van der Waals surface area contributed by atoms with Crippen LogP contribution >= 0.6 is 23.4 Å². The summed E-state index contributed by atoms with van der Waals surface area (Å²) in [5, 5.41) is 21.7. The van der Waals surface area contributed by atoms with Gasteiger partial charge in [0.2, 0.25) is 5.79 Å². The molecule has 2 N–H and O–H groups in total. The summed E-state index contributed by atoms with van der Waals surface area (Å²) in [6.45, 7) is 14.3. The first-order valence-corrected chi connectivity index (χ1v) is 17.1. The second kappa shape index (κ2) is 12.6. The molecule has 0 aromatic heterocycles. The number of amidine groups is 1. The van der Waals surface area contributed by atoms with E-state index in [1.54, 1.807) is 29.2 Å². The van der Waals surface area contributed by atoms with Gasteiger partial charge in [0, 0.05) is 6.54 Å². The normalized spacial score (nSPS) is 17.0. The second-order valence-electron chi connectivity index (χ2n) is 11.2. The van der Waals surface area contributed by atoms with Gasteiger partial charge in [0.1, 0.15) is 12.4 Å². The zero-order chi connectivity index (χ0) is 29.0. The van der Waals surface area contributed by atoms with E-state index in [0.717, 1.165) is 17.7 Å². The number of halogens is 1. The van der Waals surface area contributed by atoms with Crippen molar-refractivity contribution in [3.05, 3.63) is 63.5 Å². The molecule has 212 valence electrons. The largest absolute Gasteiger partial charge is 0.486 e. The molecule has 3 rings (SSSR count). The Morgan fingerprint density at radius 1 is 1.13 bits per heavy atom. The van der Waals surface area contributed by atoms with Crippen LogP contribution in [0.25, 0.3) is 6.08 Å². The summed E-state index contributed by atoms with van der Waals surface area (Å²) in [5.74, 6) is -2.01. The number of aliphatic hydroxyl groups is 2. The number of benzene rings is 2. The van der Waals surface area contributed by atoms with Gasteiger partial charge in [0.05, 0.1) is 22.2 Å². The maximum absolute atomic E-state index is 13.4. The Hall–Kier alpha value is -2.14. The summed E-state index contributed by atoms with van der Waals surface area (Å²) in [6.07, 6.45) is 2.65. The number of para-hydroxylation sites is 1. The van der Waals surface area contributed by atoms with Gasteiger partial charge in [-0.2, -0.15) is 0 Å². The van der Waals surface area contributed by atoms with Crippen molar-refractivity contribution in [2.75, 3.05) is 24.7 Å². The number of carbonyl (C=O) groups is 1. The summed E-state index contributed by atoms with van der Waals surface area (Å²) in [6, 6.07) is 12.8. The van der Waals surface area contributed by atoms with Crippen molar-refractivity contribution in [2.24, 2.45) is 4.99 Å². The number of aryl methyl sites for hydroxylation is 1.